The van der Waals surface area contributed by atoms with Gasteiger partial charge >= 0.3 is 0 Å². The third-order valence-corrected chi connectivity index (χ3v) is 4.31. The number of halogens is 2. The van der Waals surface area contributed by atoms with Gasteiger partial charge in [0.25, 0.3) is 11.5 Å². The van der Waals surface area contributed by atoms with Crippen LogP contribution in [-0.2, 0) is 7.05 Å². The zero-order valence-corrected chi connectivity index (χ0v) is 16.1. The lowest BCUT2D eigenvalue weighted by Gasteiger charge is -2.17. The molecule has 0 unspecified atom stereocenters. The number of hydrogen-bond donors (Lipinski definition) is 3. The molecular formula is C17H19FIN3O3. The summed E-state index contributed by atoms with van der Waals surface area (Å²) >= 11 is 2.00. The fraction of sp³-hybridized carbons (Fsp3) is 0.294. The van der Waals surface area contributed by atoms with E-state index in [-0.39, 0.29) is 29.2 Å². The van der Waals surface area contributed by atoms with Crippen molar-refractivity contribution in [2.24, 2.45) is 7.05 Å². The van der Waals surface area contributed by atoms with Crippen molar-refractivity contribution in [3.8, 4) is 0 Å². The van der Waals surface area contributed by atoms with E-state index in [1.54, 1.807) is 19.1 Å². The maximum atomic E-state index is 14.1. The molecule has 134 valence electrons. The van der Waals surface area contributed by atoms with Crippen LogP contribution < -0.4 is 16.2 Å². The van der Waals surface area contributed by atoms with E-state index in [0.717, 1.165) is 3.57 Å². The third-order valence-electron chi connectivity index (χ3n) is 3.64. The molecule has 0 atom stereocenters. The molecule has 1 aromatic heterocycles. The summed E-state index contributed by atoms with van der Waals surface area (Å²) in [6.45, 7) is 1.88. The number of amides is 1. The molecule has 0 aliphatic rings. The molecule has 0 fully saturated rings. The van der Waals surface area contributed by atoms with Gasteiger partial charge in [-0.2, -0.15) is 0 Å². The minimum atomic E-state index is -0.480. The van der Waals surface area contributed by atoms with Gasteiger partial charge in [0.15, 0.2) is 0 Å². The van der Waals surface area contributed by atoms with E-state index in [0.29, 0.717) is 18.5 Å². The zero-order chi connectivity index (χ0) is 18.6. The number of carbonyl (C=O) groups is 1. The van der Waals surface area contributed by atoms with Crippen LogP contribution in [0.15, 0.2) is 29.1 Å². The fourth-order valence-electron chi connectivity index (χ4n) is 2.31. The number of nitrogens with one attached hydrogen (secondary N) is 2. The van der Waals surface area contributed by atoms with Crippen molar-refractivity contribution in [3.63, 3.8) is 0 Å². The van der Waals surface area contributed by atoms with Gasteiger partial charge < -0.3 is 15.7 Å². The van der Waals surface area contributed by atoms with Gasteiger partial charge in [-0.25, -0.2) is 4.39 Å². The smallest absolute Gasteiger partial charge is 0.254 e. The van der Waals surface area contributed by atoms with Crippen molar-refractivity contribution in [2.45, 2.75) is 13.3 Å². The molecule has 0 aliphatic carbocycles. The molecule has 2 aromatic rings. The van der Waals surface area contributed by atoms with Crippen molar-refractivity contribution < 1.29 is 14.3 Å². The van der Waals surface area contributed by atoms with Gasteiger partial charge in [-0.15, -0.1) is 0 Å². The zero-order valence-electron chi connectivity index (χ0n) is 13.9. The number of carbonyl (C=O) groups excluding carboxylic acids is 1. The van der Waals surface area contributed by atoms with Gasteiger partial charge in [-0.3, -0.25) is 14.2 Å². The van der Waals surface area contributed by atoms with Crippen LogP contribution >= 0.6 is 22.6 Å². The number of aliphatic hydroxyl groups is 1. The second kappa shape index (κ2) is 8.43. The fourth-order valence-corrected chi connectivity index (χ4v) is 2.77. The topological polar surface area (TPSA) is 83.4 Å². The van der Waals surface area contributed by atoms with Crippen LogP contribution in [0, 0.1) is 16.3 Å². The number of aryl methyl sites for hydroxylation is 1. The number of aliphatic hydroxyl groups excluding tert-OH is 1. The summed E-state index contributed by atoms with van der Waals surface area (Å²) in [5, 5.41) is 14.3. The first kappa shape index (κ1) is 19.4. The lowest BCUT2D eigenvalue weighted by atomic mass is 10.1. The number of hydrogen-bond acceptors (Lipinski definition) is 4. The highest BCUT2D eigenvalue weighted by Gasteiger charge is 2.18. The van der Waals surface area contributed by atoms with Crippen molar-refractivity contribution in [3.05, 3.63) is 55.1 Å². The van der Waals surface area contributed by atoms with E-state index in [4.69, 9.17) is 5.11 Å². The Balaban J connectivity index is 2.45. The Labute approximate surface area is 158 Å². The van der Waals surface area contributed by atoms with E-state index >= 15 is 0 Å². The highest BCUT2D eigenvalue weighted by atomic mass is 127. The molecule has 0 saturated heterocycles. The Kier molecular flexibility index (Phi) is 6.54. The van der Waals surface area contributed by atoms with Gasteiger partial charge in [0.05, 0.1) is 11.3 Å². The van der Waals surface area contributed by atoms with Gasteiger partial charge in [-0.1, -0.05) is 0 Å². The van der Waals surface area contributed by atoms with Crippen molar-refractivity contribution in [1.82, 2.24) is 9.88 Å². The van der Waals surface area contributed by atoms with Gasteiger partial charge in [0, 0.05) is 29.3 Å². The highest BCUT2D eigenvalue weighted by Crippen LogP contribution is 2.24. The second-order valence-electron chi connectivity index (χ2n) is 5.54. The molecule has 3 N–H and O–H groups in total. The maximum absolute atomic E-state index is 14.1. The highest BCUT2D eigenvalue weighted by molar-refractivity contribution is 14.1. The lowest BCUT2D eigenvalue weighted by molar-refractivity contribution is 0.0951. The van der Waals surface area contributed by atoms with Gasteiger partial charge in [-0.05, 0) is 60.2 Å². The molecule has 1 amide bonds. The third kappa shape index (κ3) is 4.57. The van der Waals surface area contributed by atoms with E-state index in [1.165, 1.54) is 23.7 Å². The molecule has 8 heteroatoms. The van der Waals surface area contributed by atoms with Gasteiger partial charge in [0.1, 0.15) is 11.6 Å². The normalized spacial score (nSPS) is 10.6. The summed E-state index contributed by atoms with van der Waals surface area (Å²) < 4.78 is 16.2. The minimum Gasteiger partial charge on any atom is -0.396 e. The molecular weight excluding hydrogens is 440 g/mol. The van der Waals surface area contributed by atoms with E-state index in [2.05, 4.69) is 10.6 Å². The van der Waals surface area contributed by atoms with Crippen LogP contribution in [0.25, 0.3) is 0 Å². The first-order valence-corrected chi connectivity index (χ1v) is 8.74. The molecule has 0 spiro atoms. The quantitative estimate of drug-likeness (QED) is 0.458. The SMILES string of the molecule is Cc1cc(C(=O)NCCCO)c(Nc2ccc(I)cc2F)n(C)c1=O. The number of aromatic nitrogens is 1. The summed E-state index contributed by atoms with van der Waals surface area (Å²) in [6, 6.07) is 6.11. The minimum absolute atomic E-state index is 0.0362. The molecule has 0 radical (unpaired) electrons. The van der Waals surface area contributed by atoms with Crippen LogP contribution in [0.1, 0.15) is 22.3 Å². The van der Waals surface area contributed by atoms with Crippen LogP contribution in [0.2, 0.25) is 0 Å². The van der Waals surface area contributed by atoms with Crippen molar-refractivity contribution in [1.29, 1.82) is 0 Å². The number of benzene rings is 1. The Morgan fingerprint density at radius 2 is 2.08 bits per heavy atom. The Morgan fingerprint density at radius 1 is 1.36 bits per heavy atom. The monoisotopic (exact) mass is 459 g/mol. The Hall–Kier alpha value is -1.94. The first-order chi connectivity index (χ1) is 11.8. The number of pyridine rings is 1. The largest absolute Gasteiger partial charge is 0.396 e. The van der Waals surface area contributed by atoms with Crippen LogP contribution in [0.4, 0.5) is 15.9 Å². The van der Waals surface area contributed by atoms with E-state index in [1.807, 2.05) is 22.6 Å². The lowest BCUT2D eigenvalue weighted by Crippen LogP contribution is -2.30. The van der Waals surface area contributed by atoms with Crippen molar-refractivity contribution in [2.75, 3.05) is 18.5 Å². The summed E-state index contributed by atoms with van der Waals surface area (Å²) in [4.78, 5) is 24.7. The molecule has 0 saturated carbocycles. The van der Waals surface area contributed by atoms with Crippen LogP contribution in [0.3, 0.4) is 0 Å². The summed E-state index contributed by atoms with van der Waals surface area (Å²) in [5.41, 5.74) is 0.530. The van der Waals surface area contributed by atoms with Crippen LogP contribution in [0.5, 0.6) is 0 Å². The van der Waals surface area contributed by atoms with Crippen molar-refractivity contribution >= 4 is 40.0 Å². The molecule has 1 heterocycles. The average Bonchev–Trinajstić information content (AvgIpc) is 2.57. The Morgan fingerprint density at radius 3 is 2.72 bits per heavy atom. The molecule has 0 bridgehead atoms. The maximum Gasteiger partial charge on any atom is 0.254 e. The summed E-state index contributed by atoms with van der Waals surface area (Å²) in [7, 11) is 1.52. The number of nitrogens with zero attached hydrogens (tertiary/aromatic N) is 1. The predicted octanol–water partition coefficient (Wildman–Crippen LogP) is 2.29. The molecule has 0 aliphatic heterocycles. The first-order valence-electron chi connectivity index (χ1n) is 7.67. The molecule has 6 nitrogen and oxygen atoms in total. The second-order valence-corrected chi connectivity index (χ2v) is 6.78. The standard InChI is InChI=1S/C17H19FIN3O3/c1-10-8-12(16(24)20-6-3-7-23)15(22(2)17(10)25)21-14-5-4-11(19)9-13(14)18/h4-5,8-9,21,23H,3,6-7H2,1-2H3,(H,20,24). The number of anilines is 2. The summed E-state index contributed by atoms with van der Waals surface area (Å²) in [5.74, 6) is -0.677. The predicted molar refractivity (Wildman–Crippen MR) is 103 cm³/mol. The average molecular weight is 459 g/mol. The van der Waals surface area contributed by atoms with Crippen LogP contribution in [-0.4, -0.2) is 28.7 Å². The molecule has 2 rings (SSSR count). The van der Waals surface area contributed by atoms with E-state index in [9.17, 15) is 14.0 Å². The molecule has 1 aromatic carbocycles. The number of rotatable bonds is 6. The van der Waals surface area contributed by atoms with E-state index < -0.39 is 11.7 Å². The Bertz CT molecular complexity index is 852. The molecule has 25 heavy (non-hydrogen) atoms. The summed E-state index contributed by atoms with van der Waals surface area (Å²) in [6.07, 6.45) is 0.422. The van der Waals surface area contributed by atoms with Gasteiger partial charge in [0.2, 0.25) is 0 Å².